The number of halogens is 1. The predicted octanol–water partition coefficient (Wildman–Crippen LogP) is 4.55. The van der Waals surface area contributed by atoms with Crippen molar-refractivity contribution in [2.75, 3.05) is 26.1 Å². The van der Waals surface area contributed by atoms with Crippen molar-refractivity contribution in [2.24, 2.45) is 0 Å². The molecular formula is C24H20ClN3O6S. The van der Waals surface area contributed by atoms with Gasteiger partial charge in [-0.05, 0) is 43.3 Å². The average Bonchev–Trinajstić information content (AvgIpc) is 3.28. The molecule has 2 aromatic carbocycles. The van der Waals surface area contributed by atoms with Crippen LogP contribution in [0, 0.1) is 0 Å². The summed E-state index contributed by atoms with van der Waals surface area (Å²) >= 11 is 7.08. The van der Waals surface area contributed by atoms with Crippen molar-refractivity contribution in [1.82, 2.24) is 9.78 Å². The van der Waals surface area contributed by atoms with E-state index in [1.807, 2.05) is 0 Å². The van der Waals surface area contributed by atoms with Crippen molar-refractivity contribution >= 4 is 50.6 Å². The van der Waals surface area contributed by atoms with Crippen LogP contribution in [0.1, 0.15) is 27.8 Å². The van der Waals surface area contributed by atoms with Crippen LogP contribution < -0.4 is 20.3 Å². The molecule has 0 unspecified atom stereocenters. The van der Waals surface area contributed by atoms with Gasteiger partial charge in [-0.1, -0.05) is 11.6 Å². The highest BCUT2D eigenvalue weighted by molar-refractivity contribution is 7.16. The van der Waals surface area contributed by atoms with E-state index < -0.39 is 17.4 Å². The van der Waals surface area contributed by atoms with Gasteiger partial charge in [0.25, 0.3) is 11.5 Å². The summed E-state index contributed by atoms with van der Waals surface area (Å²) in [5, 5.41) is 9.76. The number of benzene rings is 2. The Hall–Kier alpha value is -3.89. The number of nitrogens with one attached hydrogen (secondary N) is 1. The third kappa shape index (κ3) is 4.84. The van der Waals surface area contributed by atoms with Crippen molar-refractivity contribution in [3.63, 3.8) is 0 Å². The summed E-state index contributed by atoms with van der Waals surface area (Å²) in [6.45, 7) is 1.81. The molecule has 0 aliphatic carbocycles. The van der Waals surface area contributed by atoms with Crippen LogP contribution >= 0.6 is 22.9 Å². The molecule has 0 bridgehead atoms. The molecule has 0 saturated carbocycles. The van der Waals surface area contributed by atoms with Gasteiger partial charge in [0, 0.05) is 27.4 Å². The molecule has 0 aliphatic rings. The van der Waals surface area contributed by atoms with Gasteiger partial charge in [-0.3, -0.25) is 9.59 Å². The molecule has 0 fully saturated rings. The lowest BCUT2D eigenvalue weighted by atomic mass is 10.1. The first-order chi connectivity index (χ1) is 16.9. The third-order valence-corrected chi connectivity index (χ3v) is 6.18. The van der Waals surface area contributed by atoms with Crippen molar-refractivity contribution in [3.8, 4) is 17.2 Å². The van der Waals surface area contributed by atoms with E-state index in [0.29, 0.717) is 22.2 Å². The Morgan fingerprint density at radius 3 is 2.34 bits per heavy atom. The fourth-order valence-electron chi connectivity index (χ4n) is 3.36. The first-order valence-electron chi connectivity index (χ1n) is 10.4. The highest BCUT2D eigenvalue weighted by atomic mass is 35.5. The van der Waals surface area contributed by atoms with E-state index in [4.69, 9.17) is 25.8 Å². The van der Waals surface area contributed by atoms with Crippen LogP contribution in [0.3, 0.4) is 0 Å². The van der Waals surface area contributed by atoms with Gasteiger partial charge in [-0.2, -0.15) is 9.78 Å². The fraction of sp³-hybridized carbons (Fsp3) is 0.167. The Kier molecular flexibility index (Phi) is 7.04. The van der Waals surface area contributed by atoms with Gasteiger partial charge in [-0.15, -0.1) is 11.3 Å². The van der Waals surface area contributed by atoms with E-state index in [-0.39, 0.29) is 33.6 Å². The van der Waals surface area contributed by atoms with Crippen LogP contribution in [0.2, 0.25) is 5.02 Å². The summed E-state index contributed by atoms with van der Waals surface area (Å²) in [5.41, 5.74) is 0.0969. The number of amides is 1. The summed E-state index contributed by atoms with van der Waals surface area (Å²) in [4.78, 5) is 39.2. The lowest BCUT2D eigenvalue weighted by Crippen LogP contribution is -2.25. The Morgan fingerprint density at radius 1 is 1.09 bits per heavy atom. The zero-order chi connectivity index (χ0) is 25.1. The molecule has 1 amide bonds. The molecule has 4 rings (SSSR count). The monoisotopic (exact) mass is 513 g/mol. The molecule has 180 valence electrons. The molecule has 0 radical (unpaired) electrons. The number of esters is 1. The second-order valence-electron chi connectivity index (χ2n) is 7.17. The minimum Gasteiger partial charge on any atom is -0.497 e. The van der Waals surface area contributed by atoms with Crippen LogP contribution in [-0.4, -0.2) is 42.5 Å². The van der Waals surface area contributed by atoms with Gasteiger partial charge in [-0.25, -0.2) is 4.79 Å². The zero-order valence-corrected chi connectivity index (χ0v) is 20.5. The largest absolute Gasteiger partial charge is 0.497 e. The quantitative estimate of drug-likeness (QED) is 0.361. The number of fused-ring (bicyclic) bond motifs is 1. The smallest absolute Gasteiger partial charge is 0.359 e. The molecule has 2 heterocycles. The van der Waals surface area contributed by atoms with Crippen LogP contribution in [0.15, 0.2) is 52.6 Å². The molecule has 0 aliphatic heterocycles. The zero-order valence-electron chi connectivity index (χ0n) is 19.0. The Morgan fingerprint density at radius 2 is 1.74 bits per heavy atom. The minimum absolute atomic E-state index is 0.0452. The summed E-state index contributed by atoms with van der Waals surface area (Å²) in [6.07, 6.45) is 0. The second kappa shape index (κ2) is 10.2. The van der Waals surface area contributed by atoms with E-state index in [2.05, 4.69) is 10.4 Å². The van der Waals surface area contributed by atoms with Crippen molar-refractivity contribution in [1.29, 1.82) is 0 Å². The topological polar surface area (TPSA) is 109 Å². The summed E-state index contributed by atoms with van der Waals surface area (Å²) < 4.78 is 16.7. The standard InChI is InChI=1S/C24H20ClN3O6S/c1-4-34-24(31)20-18-12-35-22(26-21(29)13-9-16(32-2)11-17(10-13)33-3)19(18)23(30)28(27-20)15-7-5-14(25)6-8-15/h5-12H,4H2,1-3H3,(H,26,29). The fourth-order valence-corrected chi connectivity index (χ4v) is 4.42. The van der Waals surface area contributed by atoms with E-state index in [0.717, 1.165) is 16.0 Å². The second-order valence-corrected chi connectivity index (χ2v) is 8.49. The molecule has 35 heavy (non-hydrogen) atoms. The number of hydrogen-bond donors (Lipinski definition) is 1. The van der Waals surface area contributed by atoms with Crippen LogP contribution in [0.4, 0.5) is 5.00 Å². The summed E-state index contributed by atoms with van der Waals surface area (Å²) in [7, 11) is 2.96. The Labute approximate surface area is 208 Å². The normalized spacial score (nSPS) is 10.7. The van der Waals surface area contributed by atoms with E-state index in [1.54, 1.807) is 54.8 Å². The van der Waals surface area contributed by atoms with Gasteiger partial charge in [0.1, 0.15) is 16.5 Å². The van der Waals surface area contributed by atoms with Crippen molar-refractivity contribution < 1.29 is 23.8 Å². The number of aromatic nitrogens is 2. The van der Waals surface area contributed by atoms with Crippen LogP contribution in [0.5, 0.6) is 11.5 Å². The highest BCUT2D eigenvalue weighted by Gasteiger charge is 2.23. The van der Waals surface area contributed by atoms with Gasteiger partial charge in [0.2, 0.25) is 0 Å². The third-order valence-electron chi connectivity index (χ3n) is 5.03. The number of carbonyl (C=O) groups excluding carboxylic acids is 2. The van der Waals surface area contributed by atoms with E-state index in [9.17, 15) is 14.4 Å². The van der Waals surface area contributed by atoms with Crippen LogP contribution in [-0.2, 0) is 4.74 Å². The molecule has 1 N–H and O–H groups in total. The Bertz CT molecular complexity index is 1460. The van der Waals surface area contributed by atoms with Crippen molar-refractivity contribution in [3.05, 3.63) is 74.5 Å². The summed E-state index contributed by atoms with van der Waals surface area (Å²) in [5.74, 6) is -0.305. The number of hydrogen-bond acceptors (Lipinski definition) is 8. The lowest BCUT2D eigenvalue weighted by Gasteiger charge is -2.11. The van der Waals surface area contributed by atoms with Crippen molar-refractivity contribution in [2.45, 2.75) is 6.92 Å². The maximum absolute atomic E-state index is 13.5. The number of nitrogens with zero attached hydrogens (tertiary/aromatic N) is 2. The number of ether oxygens (including phenoxy) is 3. The maximum atomic E-state index is 13.5. The maximum Gasteiger partial charge on any atom is 0.359 e. The van der Waals surface area contributed by atoms with Gasteiger partial charge >= 0.3 is 5.97 Å². The number of rotatable bonds is 7. The molecule has 11 heteroatoms. The van der Waals surface area contributed by atoms with Gasteiger partial charge in [0.05, 0.1) is 31.9 Å². The summed E-state index contributed by atoms with van der Waals surface area (Å²) in [6, 6.07) is 11.1. The van der Waals surface area contributed by atoms with E-state index >= 15 is 0 Å². The molecule has 2 aromatic heterocycles. The van der Waals surface area contributed by atoms with Gasteiger partial charge < -0.3 is 19.5 Å². The number of anilines is 1. The first kappa shape index (κ1) is 24.2. The number of methoxy groups -OCH3 is 2. The predicted molar refractivity (Wildman–Crippen MR) is 134 cm³/mol. The average molecular weight is 514 g/mol. The molecule has 0 saturated heterocycles. The van der Waals surface area contributed by atoms with E-state index in [1.165, 1.54) is 14.2 Å². The van der Waals surface area contributed by atoms with Crippen LogP contribution in [0.25, 0.3) is 16.5 Å². The molecule has 0 atom stereocenters. The molecular weight excluding hydrogens is 494 g/mol. The van der Waals surface area contributed by atoms with Gasteiger partial charge in [0.15, 0.2) is 5.69 Å². The number of thiophene rings is 1. The SMILES string of the molecule is CCOC(=O)c1nn(-c2ccc(Cl)cc2)c(=O)c2c(NC(=O)c3cc(OC)cc(OC)c3)scc12. The molecule has 4 aromatic rings. The molecule has 0 spiro atoms. The highest BCUT2D eigenvalue weighted by Crippen LogP contribution is 2.32. The number of carbonyl (C=O) groups is 2. The minimum atomic E-state index is -0.687. The molecule has 9 nitrogen and oxygen atoms in total. The first-order valence-corrected chi connectivity index (χ1v) is 11.6. The lowest BCUT2D eigenvalue weighted by molar-refractivity contribution is 0.0520. The Balaban J connectivity index is 1.85.